The van der Waals surface area contributed by atoms with Crippen molar-refractivity contribution in [1.29, 1.82) is 0 Å². The van der Waals surface area contributed by atoms with Gasteiger partial charge in [-0.15, -0.1) is 0 Å². The molecule has 6 nitrogen and oxygen atoms in total. The third-order valence-electron chi connectivity index (χ3n) is 4.44. The number of Topliss-reactive ketones (excluding diaryl/α,β-unsaturated/α-hetero) is 1. The van der Waals surface area contributed by atoms with E-state index in [9.17, 15) is 9.59 Å². The van der Waals surface area contributed by atoms with Gasteiger partial charge in [0.15, 0.2) is 18.1 Å². The Labute approximate surface area is 152 Å². The van der Waals surface area contributed by atoms with E-state index in [1.807, 2.05) is 26.0 Å². The standard InChI is InChI=1S/C20H23NO5/c1-4-9-21-13(2)10-15(14(21)3)16(22)11-25-20(23)19-12-24-17-7-5-6-8-18(17)26-19/h5-8,10,19H,4,9,11-12H2,1-3H3/t19-/m0/s1. The van der Waals surface area contributed by atoms with Gasteiger partial charge in [-0.1, -0.05) is 19.1 Å². The Balaban J connectivity index is 1.60. The molecule has 0 saturated heterocycles. The zero-order chi connectivity index (χ0) is 18.7. The van der Waals surface area contributed by atoms with Crippen LogP contribution in [0, 0.1) is 13.8 Å². The van der Waals surface area contributed by atoms with Gasteiger partial charge in [0.1, 0.15) is 6.61 Å². The quantitative estimate of drug-likeness (QED) is 0.587. The molecule has 0 unspecified atom stereocenters. The summed E-state index contributed by atoms with van der Waals surface area (Å²) in [6, 6.07) is 8.96. The van der Waals surface area contributed by atoms with Gasteiger partial charge in [-0.05, 0) is 38.5 Å². The first-order chi connectivity index (χ1) is 12.5. The molecule has 1 aromatic carbocycles. The van der Waals surface area contributed by atoms with Gasteiger partial charge in [-0.2, -0.15) is 0 Å². The fraction of sp³-hybridized carbons (Fsp3) is 0.400. The number of ketones is 1. The Morgan fingerprint density at radius 1 is 1.23 bits per heavy atom. The van der Waals surface area contributed by atoms with Crippen molar-refractivity contribution in [1.82, 2.24) is 4.57 Å². The minimum atomic E-state index is -0.870. The fourth-order valence-corrected chi connectivity index (χ4v) is 3.09. The van der Waals surface area contributed by atoms with Crippen LogP contribution in [0.2, 0.25) is 0 Å². The Bertz CT molecular complexity index is 824. The molecule has 0 spiro atoms. The average molecular weight is 357 g/mol. The van der Waals surface area contributed by atoms with Crippen molar-refractivity contribution in [3.63, 3.8) is 0 Å². The molecule has 2 aromatic rings. The van der Waals surface area contributed by atoms with E-state index >= 15 is 0 Å². The number of esters is 1. The van der Waals surface area contributed by atoms with Crippen LogP contribution in [0.5, 0.6) is 11.5 Å². The summed E-state index contributed by atoms with van der Waals surface area (Å²) >= 11 is 0. The highest BCUT2D eigenvalue weighted by Crippen LogP contribution is 2.31. The van der Waals surface area contributed by atoms with Crippen LogP contribution in [0.1, 0.15) is 35.1 Å². The molecule has 1 aromatic heterocycles. The summed E-state index contributed by atoms with van der Waals surface area (Å²) in [5.41, 5.74) is 2.52. The Morgan fingerprint density at radius 2 is 1.96 bits per heavy atom. The zero-order valence-corrected chi connectivity index (χ0v) is 15.3. The Morgan fingerprint density at radius 3 is 2.69 bits per heavy atom. The van der Waals surface area contributed by atoms with Crippen molar-refractivity contribution < 1.29 is 23.8 Å². The van der Waals surface area contributed by atoms with E-state index in [1.54, 1.807) is 18.2 Å². The van der Waals surface area contributed by atoms with Crippen molar-refractivity contribution >= 4 is 11.8 Å². The predicted octanol–water partition coefficient (Wildman–Crippen LogP) is 3.08. The third kappa shape index (κ3) is 3.59. The number of carbonyl (C=O) groups excluding carboxylic acids is 2. The topological polar surface area (TPSA) is 66.8 Å². The Hall–Kier alpha value is -2.76. The first-order valence-corrected chi connectivity index (χ1v) is 8.76. The van der Waals surface area contributed by atoms with Crippen molar-refractivity contribution in [3.05, 3.63) is 47.3 Å². The number of rotatable bonds is 6. The molecule has 2 heterocycles. The number of hydrogen-bond donors (Lipinski definition) is 0. The Kier molecular flexibility index (Phi) is 5.30. The average Bonchev–Trinajstić information content (AvgIpc) is 2.94. The van der Waals surface area contributed by atoms with Crippen LogP contribution in [0.3, 0.4) is 0 Å². The van der Waals surface area contributed by atoms with Gasteiger partial charge in [-0.25, -0.2) is 4.79 Å². The number of ether oxygens (including phenoxy) is 3. The lowest BCUT2D eigenvalue weighted by atomic mass is 10.1. The molecule has 3 rings (SSSR count). The summed E-state index contributed by atoms with van der Waals surface area (Å²) < 4.78 is 18.4. The fourth-order valence-electron chi connectivity index (χ4n) is 3.09. The maximum atomic E-state index is 12.5. The smallest absolute Gasteiger partial charge is 0.351 e. The minimum absolute atomic E-state index is 0.0645. The molecule has 0 amide bonds. The van der Waals surface area contributed by atoms with Gasteiger partial charge in [-0.3, -0.25) is 4.79 Å². The van der Waals surface area contributed by atoms with E-state index in [0.717, 1.165) is 24.4 Å². The second-order valence-electron chi connectivity index (χ2n) is 6.33. The van der Waals surface area contributed by atoms with Crippen LogP contribution < -0.4 is 9.47 Å². The van der Waals surface area contributed by atoms with E-state index in [2.05, 4.69) is 11.5 Å². The number of hydrogen-bond acceptors (Lipinski definition) is 5. The van der Waals surface area contributed by atoms with Gasteiger partial charge in [0, 0.05) is 23.5 Å². The molecular weight excluding hydrogens is 334 g/mol. The van der Waals surface area contributed by atoms with E-state index in [4.69, 9.17) is 14.2 Å². The molecule has 0 radical (unpaired) electrons. The number of aryl methyl sites for hydroxylation is 1. The van der Waals surface area contributed by atoms with Gasteiger partial charge < -0.3 is 18.8 Å². The molecule has 1 atom stereocenters. The lowest BCUT2D eigenvalue weighted by Gasteiger charge is -2.24. The molecule has 0 saturated carbocycles. The van der Waals surface area contributed by atoms with E-state index < -0.39 is 12.1 Å². The SMILES string of the molecule is CCCn1c(C)cc(C(=O)COC(=O)[C@@H]2COc3ccccc3O2)c1C. The summed E-state index contributed by atoms with van der Waals surface area (Å²) in [7, 11) is 0. The number of nitrogens with zero attached hydrogens (tertiary/aromatic N) is 1. The number of aromatic nitrogens is 1. The molecule has 138 valence electrons. The van der Waals surface area contributed by atoms with E-state index in [1.165, 1.54) is 0 Å². The van der Waals surface area contributed by atoms with Crippen LogP contribution >= 0.6 is 0 Å². The first-order valence-electron chi connectivity index (χ1n) is 8.76. The summed E-state index contributed by atoms with van der Waals surface area (Å²) in [5, 5.41) is 0. The maximum Gasteiger partial charge on any atom is 0.351 e. The lowest BCUT2D eigenvalue weighted by Crippen LogP contribution is -2.38. The monoisotopic (exact) mass is 357 g/mol. The lowest BCUT2D eigenvalue weighted by molar-refractivity contribution is -0.153. The number of para-hydroxylation sites is 2. The van der Waals surface area contributed by atoms with Gasteiger partial charge in [0.25, 0.3) is 0 Å². The van der Waals surface area contributed by atoms with Crippen LogP contribution in [0.15, 0.2) is 30.3 Å². The van der Waals surface area contributed by atoms with Crippen LogP contribution in [0.25, 0.3) is 0 Å². The molecule has 6 heteroatoms. The summed E-state index contributed by atoms with van der Waals surface area (Å²) in [4.78, 5) is 24.7. The number of fused-ring (bicyclic) bond motifs is 1. The molecular formula is C20H23NO5. The highest BCUT2D eigenvalue weighted by molar-refractivity contribution is 5.99. The normalized spacial score (nSPS) is 15.6. The van der Waals surface area contributed by atoms with Crippen molar-refractivity contribution in [2.45, 2.75) is 39.8 Å². The second kappa shape index (κ2) is 7.64. The van der Waals surface area contributed by atoms with E-state index in [-0.39, 0.29) is 19.0 Å². The molecule has 0 bridgehead atoms. The number of carbonyl (C=O) groups is 2. The van der Waals surface area contributed by atoms with Crippen LogP contribution in [0.4, 0.5) is 0 Å². The number of benzene rings is 1. The van der Waals surface area contributed by atoms with Gasteiger partial charge in [0.2, 0.25) is 11.9 Å². The second-order valence-corrected chi connectivity index (χ2v) is 6.33. The van der Waals surface area contributed by atoms with Crippen LogP contribution in [-0.2, 0) is 16.1 Å². The molecule has 1 aliphatic heterocycles. The molecule has 26 heavy (non-hydrogen) atoms. The van der Waals surface area contributed by atoms with Gasteiger partial charge >= 0.3 is 5.97 Å². The molecule has 0 aliphatic carbocycles. The largest absolute Gasteiger partial charge is 0.485 e. The third-order valence-corrected chi connectivity index (χ3v) is 4.44. The van der Waals surface area contributed by atoms with E-state index in [0.29, 0.717) is 17.1 Å². The molecule has 0 N–H and O–H groups in total. The highest BCUT2D eigenvalue weighted by atomic mass is 16.6. The molecule has 1 aliphatic rings. The summed E-state index contributed by atoms with van der Waals surface area (Å²) in [6.45, 7) is 6.58. The highest BCUT2D eigenvalue weighted by Gasteiger charge is 2.29. The van der Waals surface area contributed by atoms with Gasteiger partial charge in [0.05, 0.1) is 0 Å². The minimum Gasteiger partial charge on any atom is -0.485 e. The summed E-state index contributed by atoms with van der Waals surface area (Å²) in [5.74, 6) is 0.271. The summed E-state index contributed by atoms with van der Waals surface area (Å²) in [6.07, 6.45) is 0.115. The predicted molar refractivity (Wildman–Crippen MR) is 95.8 cm³/mol. The maximum absolute atomic E-state index is 12.5. The van der Waals surface area contributed by atoms with Crippen molar-refractivity contribution in [2.24, 2.45) is 0 Å². The molecule has 0 fully saturated rings. The first kappa shape index (κ1) is 18.0. The zero-order valence-electron chi connectivity index (χ0n) is 15.3. The van der Waals surface area contributed by atoms with Crippen molar-refractivity contribution in [3.8, 4) is 11.5 Å². The van der Waals surface area contributed by atoms with Crippen molar-refractivity contribution in [2.75, 3.05) is 13.2 Å². The van der Waals surface area contributed by atoms with Crippen LogP contribution in [-0.4, -0.2) is 35.6 Å².